The number of rotatable bonds is 9. The van der Waals surface area contributed by atoms with Gasteiger partial charge in [-0.25, -0.2) is 9.97 Å². The minimum atomic E-state index is 0.295. The maximum Gasteiger partial charge on any atom is 0.216 e. The third-order valence-electron chi connectivity index (χ3n) is 3.17. The van der Waals surface area contributed by atoms with Crippen LogP contribution in [0.15, 0.2) is 12.4 Å². The summed E-state index contributed by atoms with van der Waals surface area (Å²) >= 11 is 0. The standard InChI is InChI=1S/C14H25N3O/c1-4-5-6-7-8-9-12(15-2)13-10-14(18-3)17-11-16-13/h10-12,15H,4-9H2,1-3H3. The zero-order chi connectivity index (χ0) is 13.2. The Hall–Kier alpha value is -1.16. The number of aromatic nitrogens is 2. The van der Waals surface area contributed by atoms with E-state index in [1.807, 2.05) is 13.1 Å². The fourth-order valence-electron chi connectivity index (χ4n) is 2.05. The zero-order valence-electron chi connectivity index (χ0n) is 11.8. The Bertz CT molecular complexity index is 331. The molecule has 1 atom stereocenters. The Balaban J connectivity index is 2.44. The van der Waals surface area contributed by atoms with Crippen LogP contribution in [-0.4, -0.2) is 24.1 Å². The fourth-order valence-corrected chi connectivity index (χ4v) is 2.05. The van der Waals surface area contributed by atoms with E-state index in [4.69, 9.17) is 4.74 Å². The first-order valence-corrected chi connectivity index (χ1v) is 6.85. The van der Waals surface area contributed by atoms with Gasteiger partial charge in [0.1, 0.15) is 6.33 Å². The fraction of sp³-hybridized carbons (Fsp3) is 0.714. The van der Waals surface area contributed by atoms with E-state index in [0.29, 0.717) is 11.9 Å². The van der Waals surface area contributed by atoms with Crippen LogP contribution < -0.4 is 10.1 Å². The summed E-state index contributed by atoms with van der Waals surface area (Å²) in [6.45, 7) is 2.24. The number of hydrogen-bond donors (Lipinski definition) is 1. The van der Waals surface area contributed by atoms with E-state index in [1.165, 1.54) is 32.1 Å². The molecular formula is C14H25N3O. The molecular weight excluding hydrogens is 226 g/mol. The molecule has 0 aliphatic carbocycles. The largest absolute Gasteiger partial charge is 0.481 e. The molecule has 0 fully saturated rings. The van der Waals surface area contributed by atoms with Gasteiger partial charge in [-0.1, -0.05) is 39.0 Å². The van der Waals surface area contributed by atoms with Crippen molar-refractivity contribution in [2.45, 2.75) is 51.5 Å². The van der Waals surface area contributed by atoms with Gasteiger partial charge in [0.2, 0.25) is 5.88 Å². The van der Waals surface area contributed by atoms with Gasteiger partial charge in [0.25, 0.3) is 0 Å². The van der Waals surface area contributed by atoms with Crippen molar-refractivity contribution in [3.63, 3.8) is 0 Å². The summed E-state index contributed by atoms with van der Waals surface area (Å²) in [7, 11) is 3.61. The zero-order valence-corrected chi connectivity index (χ0v) is 11.8. The van der Waals surface area contributed by atoms with Crippen LogP contribution in [0.5, 0.6) is 5.88 Å². The summed E-state index contributed by atoms with van der Waals surface area (Å²) in [5, 5.41) is 3.31. The Labute approximate surface area is 110 Å². The molecule has 102 valence electrons. The molecule has 1 aromatic rings. The molecule has 0 saturated carbocycles. The normalized spacial score (nSPS) is 12.4. The quantitative estimate of drug-likeness (QED) is 0.685. The summed E-state index contributed by atoms with van der Waals surface area (Å²) in [4.78, 5) is 8.35. The molecule has 0 aliphatic rings. The molecule has 0 aromatic carbocycles. The summed E-state index contributed by atoms with van der Waals surface area (Å²) in [5.74, 6) is 0.631. The Morgan fingerprint density at radius 3 is 2.67 bits per heavy atom. The number of ether oxygens (including phenoxy) is 1. The summed E-state index contributed by atoms with van der Waals surface area (Å²) in [5.41, 5.74) is 1.01. The van der Waals surface area contributed by atoms with E-state index < -0.39 is 0 Å². The second-order valence-corrected chi connectivity index (χ2v) is 4.53. The van der Waals surface area contributed by atoms with E-state index >= 15 is 0 Å². The Kier molecular flexibility index (Phi) is 7.34. The van der Waals surface area contributed by atoms with Crippen LogP contribution in [0.2, 0.25) is 0 Å². The number of hydrogen-bond acceptors (Lipinski definition) is 4. The second kappa shape index (κ2) is 8.86. The SMILES string of the molecule is CCCCCCCC(NC)c1cc(OC)ncn1. The molecule has 1 N–H and O–H groups in total. The van der Waals surface area contributed by atoms with E-state index in [2.05, 4.69) is 22.2 Å². The van der Waals surface area contributed by atoms with Crippen molar-refractivity contribution in [1.29, 1.82) is 0 Å². The van der Waals surface area contributed by atoms with Crippen molar-refractivity contribution in [1.82, 2.24) is 15.3 Å². The Morgan fingerprint density at radius 1 is 1.22 bits per heavy atom. The molecule has 4 nitrogen and oxygen atoms in total. The highest BCUT2D eigenvalue weighted by atomic mass is 16.5. The minimum Gasteiger partial charge on any atom is -0.481 e. The number of nitrogens with zero attached hydrogens (tertiary/aromatic N) is 2. The van der Waals surface area contributed by atoms with Gasteiger partial charge in [0.15, 0.2) is 0 Å². The van der Waals surface area contributed by atoms with E-state index in [1.54, 1.807) is 13.4 Å². The molecule has 0 saturated heterocycles. The average Bonchev–Trinajstić information content (AvgIpc) is 2.43. The van der Waals surface area contributed by atoms with Crippen molar-refractivity contribution in [2.75, 3.05) is 14.2 Å². The van der Waals surface area contributed by atoms with Gasteiger partial charge in [-0.3, -0.25) is 0 Å². The smallest absolute Gasteiger partial charge is 0.216 e. The van der Waals surface area contributed by atoms with Crippen LogP contribution in [0, 0.1) is 0 Å². The second-order valence-electron chi connectivity index (χ2n) is 4.53. The molecule has 0 amide bonds. The Morgan fingerprint density at radius 2 is 2.00 bits per heavy atom. The van der Waals surface area contributed by atoms with E-state index in [9.17, 15) is 0 Å². The third-order valence-corrected chi connectivity index (χ3v) is 3.17. The summed E-state index contributed by atoms with van der Waals surface area (Å²) < 4.78 is 5.13. The highest BCUT2D eigenvalue weighted by molar-refractivity contribution is 5.16. The number of methoxy groups -OCH3 is 1. The predicted octanol–water partition coefficient (Wildman–Crippen LogP) is 3.11. The molecule has 0 bridgehead atoms. The van der Waals surface area contributed by atoms with Crippen LogP contribution in [0.25, 0.3) is 0 Å². The maximum atomic E-state index is 5.13. The number of nitrogens with one attached hydrogen (secondary N) is 1. The lowest BCUT2D eigenvalue weighted by Gasteiger charge is -2.15. The molecule has 0 aliphatic heterocycles. The monoisotopic (exact) mass is 251 g/mol. The third kappa shape index (κ3) is 5.00. The van der Waals surface area contributed by atoms with Gasteiger partial charge >= 0.3 is 0 Å². The molecule has 1 aromatic heterocycles. The van der Waals surface area contributed by atoms with Gasteiger partial charge in [-0.15, -0.1) is 0 Å². The van der Waals surface area contributed by atoms with Crippen molar-refractivity contribution in [2.24, 2.45) is 0 Å². The van der Waals surface area contributed by atoms with Crippen LogP contribution in [0.1, 0.15) is 57.2 Å². The van der Waals surface area contributed by atoms with Gasteiger partial charge in [0.05, 0.1) is 12.8 Å². The maximum absolute atomic E-state index is 5.13. The van der Waals surface area contributed by atoms with E-state index in [0.717, 1.165) is 12.1 Å². The highest BCUT2D eigenvalue weighted by Crippen LogP contribution is 2.20. The average molecular weight is 251 g/mol. The van der Waals surface area contributed by atoms with Crippen molar-refractivity contribution < 1.29 is 4.74 Å². The lowest BCUT2D eigenvalue weighted by atomic mass is 10.0. The molecule has 18 heavy (non-hydrogen) atoms. The van der Waals surface area contributed by atoms with Crippen molar-refractivity contribution in [3.8, 4) is 5.88 Å². The molecule has 4 heteroatoms. The number of unbranched alkanes of at least 4 members (excludes halogenated alkanes) is 4. The van der Waals surface area contributed by atoms with Crippen LogP contribution >= 0.6 is 0 Å². The predicted molar refractivity (Wildman–Crippen MR) is 73.8 cm³/mol. The minimum absolute atomic E-state index is 0.295. The lowest BCUT2D eigenvalue weighted by molar-refractivity contribution is 0.393. The van der Waals surface area contributed by atoms with Gasteiger partial charge in [-0.05, 0) is 13.5 Å². The first-order valence-electron chi connectivity index (χ1n) is 6.85. The summed E-state index contributed by atoms with van der Waals surface area (Å²) in [6.07, 6.45) is 9.17. The van der Waals surface area contributed by atoms with Crippen molar-refractivity contribution >= 4 is 0 Å². The molecule has 1 heterocycles. The molecule has 1 rings (SSSR count). The van der Waals surface area contributed by atoms with Gasteiger partial charge in [0, 0.05) is 12.1 Å². The molecule has 0 radical (unpaired) electrons. The van der Waals surface area contributed by atoms with Crippen LogP contribution in [-0.2, 0) is 0 Å². The topological polar surface area (TPSA) is 47.0 Å². The lowest BCUT2D eigenvalue weighted by Crippen LogP contribution is -2.17. The van der Waals surface area contributed by atoms with Crippen molar-refractivity contribution in [3.05, 3.63) is 18.1 Å². The highest BCUT2D eigenvalue weighted by Gasteiger charge is 2.11. The first-order chi connectivity index (χ1) is 8.81. The van der Waals surface area contributed by atoms with E-state index in [-0.39, 0.29) is 0 Å². The molecule has 1 unspecified atom stereocenters. The van der Waals surface area contributed by atoms with Gasteiger partial charge in [-0.2, -0.15) is 0 Å². The summed E-state index contributed by atoms with van der Waals surface area (Å²) in [6, 6.07) is 2.20. The van der Waals surface area contributed by atoms with Crippen LogP contribution in [0.3, 0.4) is 0 Å². The van der Waals surface area contributed by atoms with Crippen LogP contribution in [0.4, 0.5) is 0 Å². The first kappa shape index (κ1) is 14.9. The van der Waals surface area contributed by atoms with Gasteiger partial charge < -0.3 is 10.1 Å². The molecule has 0 spiro atoms.